The average molecular weight is 312 g/mol. The van der Waals surface area contributed by atoms with Crippen LogP contribution in [-0.2, 0) is 0 Å². The normalized spacial score (nSPS) is 12.4. The lowest BCUT2D eigenvalue weighted by Crippen LogP contribution is -2.09. The van der Waals surface area contributed by atoms with Crippen molar-refractivity contribution in [3.05, 3.63) is 23.9 Å². The summed E-state index contributed by atoms with van der Waals surface area (Å²) in [4.78, 5) is 14.9. The molecule has 0 radical (unpaired) electrons. The highest BCUT2D eigenvalue weighted by Crippen LogP contribution is 2.33. The van der Waals surface area contributed by atoms with Gasteiger partial charge >= 0.3 is 0 Å². The maximum Gasteiger partial charge on any atom is 0.178 e. The van der Waals surface area contributed by atoms with Crippen molar-refractivity contribution in [2.75, 3.05) is 14.2 Å². The van der Waals surface area contributed by atoms with Crippen molar-refractivity contribution in [2.45, 2.75) is 11.8 Å². The first kappa shape index (κ1) is 13.0. The molecule has 0 bridgehead atoms. The molecule has 1 heterocycles. The van der Waals surface area contributed by atoms with E-state index in [1.165, 1.54) is 0 Å². The predicted octanol–water partition coefficient (Wildman–Crippen LogP) is 3.15. The van der Waals surface area contributed by atoms with Gasteiger partial charge in [0.1, 0.15) is 0 Å². The highest BCUT2D eigenvalue weighted by molar-refractivity contribution is 9.10. The Morgan fingerprint density at radius 2 is 1.89 bits per heavy atom. The number of halogens is 1. The number of carbonyl (C=O) groups excluding carboxylic acids is 1. The van der Waals surface area contributed by atoms with Crippen LogP contribution in [0.4, 0.5) is 0 Å². The van der Waals surface area contributed by atoms with Gasteiger partial charge < -0.3 is 14.5 Å². The van der Waals surface area contributed by atoms with Crippen molar-refractivity contribution >= 4 is 32.6 Å². The van der Waals surface area contributed by atoms with Crippen molar-refractivity contribution in [2.24, 2.45) is 0 Å². The molecule has 1 N–H and O–H groups in total. The van der Waals surface area contributed by atoms with Gasteiger partial charge in [0.25, 0.3) is 0 Å². The number of aromatic amines is 1. The summed E-state index contributed by atoms with van der Waals surface area (Å²) in [6.45, 7) is 1.81. The van der Waals surface area contributed by atoms with E-state index in [0.717, 1.165) is 10.9 Å². The second-order valence-electron chi connectivity index (χ2n) is 3.94. The molecule has 0 spiro atoms. The van der Waals surface area contributed by atoms with E-state index in [2.05, 4.69) is 20.9 Å². The molecular weight excluding hydrogens is 298 g/mol. The van der Waals surface area contributed by atoms with Gasteiger partial charge in [-0.3, -0.25) is 4.79 Å². The molecule has 4 nitrogen and oxygen atoms in total. The van der Waals surface area contributed by atoms with Gasteiger partial charge in [-0.2, -0.15) is 0 Å². The van der Waals surface area contributed by atoms with Crippen LogP contribution in [0.2, 0.25) is 0 Å². The lowest BCUT2D eigenvalue weighted by molar-refractivity contribution is 0.0997. The minimum Gasteiger partial charge on any atom is -0.493 e. The Labute approximate surface area is 113 Å². The van der Waals surface area contributed by atoms with E-state index in [0.29, 0.717) is 17.1 Å². The van der Waals surface area contributed by atoms with Crippen LogP contribution < -0.4 is 9.47 Å². The Morgan fingerprint density at radius 3 is 2.44 bits per heavy atom. The molecule has 0 aliphatic heterocycles. The van der Waals surface area contributed by atoms with Crippen LogP contribution in [0.5, 0.6) is 11.5 Å². The Bertz CT molecular complexity index is 589. The van der Waals surface area contributed by atoms with Gasteiger partial charge in [-0.1, -0.05) is 15.9 Å². The zero-order valence-corrected chi connectivity index (χ0v) is 12.0. The number of aromatic nitrogens is 1. The van der Waals surface area contributed by atoms with E-state index in [1.54, 1.807) is 20.4 Å². The number of fused-ring (bicyclic) bond motifs is 1. The van der Waals surface area contributed by atoms with Crippen molar-refractivity contribution in [1.29, 1.82) is 0 Å². The molecule has 2 aromatic rings. The van der Waals surface area contributed by atoms with Crippen LogP contribution in [-0.4, -0.2) is 29.8 Å². The fourth-order valence-electron chi connectivity index (χ4n) is 1.87. The maximum atomic E-state index is 12.0. The zero-order chi connectivity index (χ0) is 13.3. The van der Waals surface area contributed by atoms with Gasteiger partial charge in [0.2, 0.25) is 0 Å². The summed E-state index contributed by atoms with van der Waals surface area (Å²) in [5, 5.41) is 0.837. The molecule has 1 unspecified atom stereocenters. The number of Topliss-reactive ketones (excluding diaryl/α,β-unsaturated/α-hetero) is 1. The molecule has 0 amide bonds. The molecule has 5 heteroatoms. The topological polar surface area (TPSA) is 51.3 Å². The molecule has 0 aliphatic rings. The minimum absolute atomic E-state index is 0.0356. The molecule has 0 saturated heterocycles. The molecule has 0 fully saturated rings. The average Bonchev–Trinajstić information content (AvgIpc) is 2.78. The van der Waals surface area contributed by atoms with Crippen LogP contribution in [0.15, 0.2) is 18.3 Å². The summed E-state index contributed by atoms with van der Waals surface area (Å²) >= 11 is 3.29. The number of methoxy groups -OCH3 is 2. The van der Waals surface area contributed by atoms with Gasteiger partial charge in [0.05, 0.1) is 24.6 Å². The number of carbonyl (C=O) groups is 1. The van der Waals surface area contributed by atoms with E-state index in [-0.39, 0.29) is 10.6 Å². The monoisotopic (exact) mass is 311 g/mol. The number of rotatable bonds is 4. The van der Waals surface area contributed by atoms with E-state index in [4.69, 9.17) is 9.47 Å². The van der Waals surface area contributed by atoms with Gasteiger partial charge in [-0.15, -0.1) is 0 Å². The van der Waals surface area contributed by atoms with Crippen molar-refractivity contribution in [3.8, 4) is 11.5 Å². The summed E-state index contributed by atoms with van der Waals surface area (Å²) in [6, 6.07) is 3.64. The summed E-state index contributed by atoms with van der Waals surface area (Å²) in [5.41, 5.74) is 1.50. The number of nitrogens with one attached hydrogen (secondary N) is 1. The van der Waals surface area contributed by atoms with Crippen LogP contribution in [0.1, 0.15) is 17.3 Å². The highest BCUT2D eigenvalue weighted by Gasteiger charge is 2.18. The smallest absolute Gasteiger partial charge is 0.178 e. The Morgan fingerprint density at radius 1 is 1.28 bits per heavy atom. The third-order valence-electron chi connectivity index (χ3n) is 2.81. The number of H-pyrrole nitrogens is 1. The first-order valence-corrected chi connectivity index (χ1v) is 6.41. The molecular formula is C13H14BrNO3. The van der Waals surface area contributed by atoms with Gasteiger partial charge in [-0.25, -0.2) is 0 Å². The SMILES string of the molecule is COc1cc2[nH]cc(C(=O)C(C)Br)c2cc1OC. The molecule has 1 aromatic heterocycles. The predicted molar refractivity (Wildman–Crippen MR) is 74.1 cm³/mol. The largest absolute Gasteiger partial charge is 0.493 e. The minimum atomic E-state index is -0.218. The van der Waals surface area contributed by atoms with Gasteiger partial charge in [-0.05, 0) is 13.0 Å². The summed E-state index contributed by atoms with van der Waals surface area (Å²) in [7, 11) is 3.16. The molecule has 96 valence electrons. The summed E-state index contributed by atoms with van der Waals surface area (Å²) in [5.74, 6) is 1.28. The first-order chi connectivity index (χ1) is 8.58. The van der Waals surface area contributed by atoms with Crippen LogP contribution in [0.3, 0.4) is 0 Å². The van der Waals surface area contributed by atoms with E-state index in [9.17, 15) is 4.79 Å². The van der Waals surface area contributed by atoms with E-state index >= 15 is 0 Å². The molecule has 18 heavy (non-hydrogen) atoms. The maximum absolute atomic E-state index is 12.0. The quantitative estimate of drug-likeness (QED) is 0.697. The lowest BCUT2D eigenvalue weighted by Gasteiger charge is -2.08. The number of alkyl halides is 1. The number of hydrogen-bond acceptors (Lipinski definition) is 3. The van der Waals surface area contributed by atoms with E-state index < -0.39 is 0 Å². The molecule has 1 atom stereocenters. The van der Waals surface area contributed by atoms with E-state index in [1.807, 2.05) is 19.1 Å². The Kier molecular flexibility index (Phi) is 3.61. The van der Waals surface area contributed by atoms with Crippen LogP contribution in [0.25, 0.3) is 10.9 Å². The van der Waals surface area contributed by atoms with Crippen molar-refractivity contribution in [1.82, 2.24) is 4.98 Å². The molecule has 1 aromatic carbocycles. The van der Waals surface area contributed by atoms with Crippen LogP contribution >= 0.6 is 15.9 Å². The van der Waals surface area contributed by atoms with Crippen LogP contribution in [0, 0.1) is 0 Å². The summed E-state index contributed by atoms with van der Waals surface area (Å²) in [6.07, 6.45) is 1.71. The van der Waals surface area contributed by atoms with Gasteiger partial charge in [0.15, 0.2) is 17.3 Å². The molecule has 0 saturated carbocycles. The Balaban J connectivity index is 2.62. The standard InChI is InChI=1S/C13H14BrNO3/c1-7(14)13(16)9-6-15-10-5-12(18-3)11(17-2)4-8(9)10/h4-7,15H,1-3H3. The number of ketones is 1. The molecule has 0 aliphatic carbocycles. The lowest BCUT2D eigenvalue weighted by atomic mass is 10.1. The fourth-order valence-corrected chi connectivity index (χ4v) is 2.11. The molecule has 2 rings (SSSR count). The number of benzene rings is 1. The number of hydrogen-bond donors (Lipinski definition) is 1. The second kappa shape index (κ2) is 5.02. The fraction of sp³-hybridized carbons (Fsp3) is 0.308. The third kappa shape index (κ3) is 2.10. The van der Waals surface area contributed by atoms with Gasteiger partial charge in [0, 0.05) is 23.2 Å². The first-order valence-electron chi connectivity index (χ1n) is 5.50. The highest BCUT2D eigenvalue weighted by atomic mass is 79.9. The second-order valence-corrected chi connectivity index (χ2v) is 5.31. The Hall–Kier alpha value is -1.49. The third-order valence-corrected chi connectivity index (χ3v) is 3.23. The van der Waals surface area contributed by atoms with Crippen molar-refractivity contribution < 1.29 is 14.3 Å². The van der Waals surface area contributed by atoms with Crippen molar-refractivity contribution in [3.63, 3.8) is 0 Å². The number of ether oxygens (including phenoxy) is 2. The summed E-state index contributed by atoms with van der Waals surface area (Å²) < 4.78 is 10.5. The zero-order valence-electron chi connectivity index (χ0n) is 10.4.